The second-order valence-corrected chi connectivity index (χ2v) is 6.08. The van der Waals surface area contributed by atoms with Gasteiger partial charge in [-0.05, 0) is 43.4 Å². The molecule has 2 bridgehead atoms. The minimum atomic E-state index is -4.50. The average molecular weight is 310 g/mol. The van der Waals surface area contributed by atoms with Crippen molar-refractivity contribution in [3.8, 4) is 0 Å². The van der Waals surface area contributed by atoms with Crippen LogP contribution >= 0.6 is 0 Å². The summed E-state index contributed by atoms with van der Waals surface area (Å²) in [4.78, 5) is 27.5. The maximum atomic E-state index is 12.8. The molecule has 116 valence electrons. The summed E-state index contributed by atoms with van der Waals surface area (Å²) in [6.45, 7) is 0. The Morgan fingerprint density at radius 1 is 1.14 bits per heavy atom. The van der Waals surface area contributed by atoms with E-state index in [1.54, 1.807) is 4.90 Å². The van der Waals surface area contributed by atoms with Gasteiger partial charge < -0.3 is 4.90 Å². The fourth-order valence-electron chi connectivity index (χ4n) is 3.98. The van der Waals surface area contributed by atoms with Crippen molar-refractivity contribution in [1.29, 1.82) is 0 Å². The van der Waals surface area contributed by atoms with Crippen molar-refractivity contribution in [2.24, 2.45) is 5.92 Å². The molecule has 1 aromatic carbocycles. The van der Waals surface area contributed by atoms with Crippen LogP contribution in [0.5, 0.6) is 0 Å². The first-order chi connectivity index (χ1) is 10.4. The maximum absolute atomic E-state index is 12.8. The van der Waals surface area contributed by atoms with Crippen molar-refractivity contribution in [1.82, 2.24) is 4.90 Å². The molecule has 2 heterocycles. The van der Waals surface area contributed by atoms with Gasteiger partial charge in [0.25, 0.3) is 5.91 Å². The molecule has 0 radical (unpaired) electrons. The van der Waals surface area contributed by atoms with Gasteiger partial charge in [0, 0.05) is 6.04 Å². The Morgan fingerprint density at radius 3 is 2.59 bits per heavy atom. The van der Waals surface area contributed by atoms with E-state index >= 15 is 0 Å². The molecule has 1 aliphatic carbocycles. The molecule has 7 heteroatoms. The Morgan fingerprint density at radius 2 is 1.91 bits per heavy atom. The maximum Gasteiger partial charge on any atom is 0.416 e. The van der Waals surface area contributed by atoms with Crippen LogP contribution in [0, 0.1) is 5.92 Å². The lowest BCUT2D eigenvalue weighted by Crippen LogP contribution is -2.40. The second kappa shape index (κ2) is 4.24. The Labute approximate surface area is 124 Å². The number of hydrogen-bond acceptors (Lipinski definition) is 2. The second-order valence-electron chi connectivity index (χ2n) is 6.08. The summed E-state index contributed by atoms with van der Waals surface area (Å²) in [5, 5.41) is 0. The van der Waals surface area contributed by atoms with Gasteiger partial charge in [-0.2, -0.15) is 13.2 Å². The zero-order valence-corrected chi connectivity index (χ0v) is 11.5. The van der Waals surface area contributed by atoms with Crippen LogP contribution in [0.3, 0.4) is 0 Å². The smallest absolute Gasteiger partial charge is 0.309 e. The van der Waals surface area contributed by atoms with Gasteiger partial charge in [0.05, 0.1) is 11.3 Å². The Bertz CT molecular complexity index is 645. The summed E-state index contributed by atoms with van der Waals surface area (Å²) in [7, 11) is 0. The first-order valence-electron chi connectivity index (χ1n) is 7.21. The topological polar surface area (TPSA) is 40.6 Å². The number of amides is 3. The van der Waals surface area contributed by atoms with E-state index in [4.69, 9.17) is 0 Å². The predicted molar refractivity (Wildman–Crippen MR) is 71.1 cm³/mol. The number of carbonyl (C=O) groups excluding carboxylic acids is 2. The first-order valence-corrected chi connectivity index (χ1v) is 7.21. The summed E-state index contributed by atoms with van der Waals surface area (Å²) >= 11 is 0. The molecular weight excluding hydrogens is 297 g/mol. The minimum absolute atomic E-state index is 0.00127. The zero-order valence-electron chi connectivity index (χ0n) is 11.5. The van der Waals surface area contributed by atoms with Crippen molar-refractivity contribution < 1.29 is 22.8 Å². The lowest BCUT2D eigenvalue weighted by Gasteiger charge is -2.25. The monoisotopic (exact) mass is 310 g/mol. The SMILES string of the molecule is O=C1C2[C@@H]3CC[C@@H](C3)N2C(=O)N1c1cccc(C(F)(F)F)c1. The lowest BCUT2D eigenvalue weighted by atomic mass is 9.99. The normalized spacial score (nSPS) is 30.4. The summed E-state index contributed by atoms with van der Waals surface area (Å²) in [6.07, 6.45) is -1.90. The van der Waals surface area contributed by atoms with E-state index in [9.17, 15) is 22.8 Å². The van der Waals surface area contributed by atoms with Gasteiger partial charge in [-0.3, -0.25) is 4.79 Å². The fraction of sp³-hybridized carbons (Fsp3) is 0.467. The van der Waals surface area contributed by atoms with Gasteiger partial charge in [-0.15, -0.1) is 0 Å². The number of piperidine rings is 1. The highest BCUT2D eigenvalue weighted by atomic mass is 19.4. The molecule has 4 nitrogen and oxygen atoms in total. The van der Waals surface area contributed by atoms with Crippen LogP contribution in [0.4, 0.5) is 23.7 Å². The van der Waals surface area contributed by atoms with Crippen LogP contribution in [0.25, 0.3) is 0 Å². The largest absolute Gasteiger partial charge is 0.416 e. The lowest BCUT2D eigenvalue weighted by molar-refractivity contribution is -0.137. The molecule has 4 rings (SSSR count). The molecule has 0 aromatic heterocycles. The van der Waals surface area contributed by atoms with Gasteiger partial charge in [0.15, 0.2) is 0 Å². The third-order valence-corrected chi connectivity index (χ3v) is 4.90. The Hall–Kier alpha value is -2.05. The van der Waals surface area contributed by atoms with Crippen LogP contribution in [0.15, 0.2) is 24.3 Å². The number of benzene rings is 1. The highest BCUT2D eigenvalue weighted by molar-refractivity contribution is 6.22. The van der Waals surface area contributed by atoms with Crippen molar-refractivity contribution in [3.63, 3.8) is 0 Å². The predicted octanol–water partition coefficient (Wildman–Crippen LogP) is 3.02. The number of anilines is 1. The number of halogens is 3. The number of alkyl halides is 3. The Kier molecular flexibility index (Phi) is 2.62. The number of hydrogen-bond donors (Lipinski definition) is 0. The number of carbonyl (C=O) groups is 2. The number of rotatable bonds is 1. The number of fused-ring (bicyclic) bond motifs is 5. The quantitative estimate of drug-likeness (QED) is 0.748. The number of nitrogens with zero attached hydrogens (tertiary/aromatic N) is 2. The molecule has 3 amide bonds. The molecule has 1 unspecified atom stereocenters. The number of imide groups is 1. The minimum Gasteiger partial charge on any atom is -0.309 e. The van der Waals surface area contributed by atoms with E-state index in [-0.39, 0.29) is 17.6 Å². The van der Waals surface area contributed by atoms with Gasteiger partial charge in [0.2, 0.25) is 0 Å². The third kappa shape index (κ3) is 1.71. The summed E-state index contributed by atoms with van der Waals surface area (Å²) in [5.41, 5.74) is -0.862. The summed E-state index contributed by atoms with van der Waals surface area (Å²) in [5.74, 6) is -0.242. The van der Waals surface area contributed by atoms with Gasteiger partial charge in [-0.1, -0.05) is 6.07 Å². The molecule has 2 aliphatic heterocycles. The molecule has 3 atom stereocenters. The average Bonchev–Trinajstić information content (AvgIpc) is 3.12. The van der Waals surface area contributed by atoms with Crippen molar-refractivity contribution in [2.45, 2.75) is 37.5 Å². The highest BCUT2D eigenvalue weighted by Crippen LogP contribution is 2.47. The van der Waals surface area contributed by atoms with Crippen LogP contribution < -0.4 is 4.90 Å². The molecule has 22 heavy (non-hydrogen) atoms. The molecule has 0 N–H and O–H groups in total. The first kappa shape index (κ1) is 13.6. The van der Waals surface area contributed by atoms with Crippen molar-refractivity contribution in [2.75, 3.05) is 4.90 Å². The van der Waals surface area contributed by atoms with Gasteiger partial charge >= 0.3 is 12.2 Å². The molecule has 3 aliphatic rings. The molecule has 1 saturated carbocycles. The fourth-order valence-corrected chi connectivity index (χ4v) is 3.98. The van der Waals surface area contributed by atoms with E-state index in [1.807, 2.05) is 0 Å². The van der Waals surface area contributed by atoms with Crippen LogP contribution in [-0.4, -0.2) is 28.9 Å². The van der Waals surface area contributed by atoms with Crippen molar-refractivity contribution in [3.05, 3.63) is 29.8 Å². The van der Waals surface area contributed by atoms with Crippen molar-refractivity contribution >= 4 is 17.6 Å². The summed E-state index contributed by atoms with van der Waals surface area (Å²) < 4.78 is 38.4. The van der Waals surface area contributed by atoms with Crippen LogP contribution in [0.1, 0.15) is 24.8 Å². The van der Waals surface area contributed by atoms with E-state index in [0.717, 1.165) is 36.3 Å². The third-order valence-electron chi connectivity index (χ3n) is 4.90. The molecule has 0 spiro atoms. The number of urea groups is 1. The van der Waals surface area contributed by atoms with Gasteiger partial charge in [0.1, 0.15) is 6.04 Å². The van der Waals surface area contributed by atoms with E-state index in [2.05, 4.69) is 0 Å². The molecule has 3 fully saturated rings. The zero-order chi connectivity index (χ0) is 15.6. The van der Waals surface area contributed by atoms with E-state index in [0.29, 0.717) is 0 Å². The van der Waals surface area contributed by atoms with E-state index < -0.39 is 29.7 Å². The standard InChI is InChI=1S/C15H13F3N2O2/c16-15(17,18)9-2-1-3-10(7-9)20-13(21)12-8-4-5-11(6-8)19(12)14(20)22/h1-3,7-8,11-12H,4-6H2/t8-,11+,12?/m1/s1. The van der Waals surface area contributed by atoms with Crippen LogP contribution in [0.2, 0.25) is 0 Å². The van der Waals surface area contributed by atoms with Crippen LogP contribution in [-0.2, 0) is 11.0 Å². The Balaban J connectivity index is 1.72. The molecular formula is C15H13F3N2O2. The highest BCUT2D eigenvalue weighted by Gasteiger charge is 2.59. The van der Waals surface area contributed by atoms with Gasteiger partial charge in [-0.25, -0.2) is 9.69 Å². The van der Waals surface area contributed by atoms with E-state index in [1.165, 1.54) is 12.1 Å². The summed E-state index contributed by atoms with van der Waals surface area (Å²) in [6, 6.07) is 3.47. The molecule has 2 saturated heterocycles. The molecule has 1 aromatic rings.